The van der Waals surface area contributed by atoms with E-state index in [1.165, 1.54) is 13.2 Å². The Balaban J connectivity index is 2.41. The number of rotatable bonds is 1. The van der Waals surface area contributed by atoms with Crippen LogP contribution in [-0.2, 0) is 6.42 Å². The van der Waals surface area contributed by atoms with E-state index in [1.807, 2.05) is 0 Å². The number of phenols is 2. The average Bonchev–Trinajstić information content (AvgIpc) is 2.85. The maximum Gasteiger partial charge on any atom is 0.167 e. The molecular weight excluding hydrogens is 222 g/mol. The minimum Gasteiger partial charge on any atom is -0.506 e. The highest BCUT2D eigenvalue weighted by atomic mass is 16.5. The number of aromatic hydroxyl groups is 2. The van der Waals surface area contributed by atoms with Crippen LogP contribution in [0.4, 0.5) is 0 Å². The lowest BCUT2D eigenvalue weighted by Crippen LogP contribution is -1.90. The van der Waals surface area contributed by atoms with E-state index in [0.717, 1.165) is 5.56 Å². The number of methoxy groups -OCH3 is 1. The van der Waals surface area contributed by atoms with E-state index in [4.69, 9.17) is 4.74 Å². The molecule has 1 aromatic carbocycles. The zero-order chi connectivity index (χ0) is 12.2. The average molecular weight is 235 g/mol. The molecule has 3 rings (SSSR count). The molecule has 1 heterocycles. The summed E-state index contributed by atoms with van der Waals surface area (Å²) in [5, 5.41) is 30.2. The number of aromatic amines is 1. The van der Waals surface area contributed by atoms with Crippen LogP contribution in [0.5, 0.6) is 17.2 Å². The Morgan fingerprint density at radius 2 is 2.18 bits per heavy atom. The molecule has 1 unspecified atom stereocenters. The third kappa shape index (κ3) is 1.23. The molecule has 0 spiro atoms. The number of H-pyrrole nitrogens is 1. The quantitative estimate of drug-likeness (QED) is 0.565. The zero-order valence-corrected chi connectivity index (χ0v) is 9.32. The van der Waals surface area contributed by atoms with Gasteiger partial charge in [0.1, 0.15) is 5.75 Å². The molecule has 2 aromatic rings. The molecule has 0 amide bonds. The monoisotopic (exact) mass is 235 g/mol. The van der Waals surface area contributed by atoms with Crippen molar-refractivity contribution >= 4 is 10.9 Å². The van der Waals surface area contributed by atoms with Gasteiger partial charge in [0.05, 0.1) is 24.1 Å². The summed E-state index contributed by atoms with van der Waals surface area (Å²) in [4.78, 5) is 2.97. The van der Waals surface area contributed by atoms with E-state index in [1.54, 1.807) is 0 Å². The smallest absolute Gasteiger partial charge is 0.167 e. The van der Waals surface area contributed by atoms with Gasteiger partial charge in [0, 0.05) is 11.8 Å². The maximum atomic E-state index is 10.1. The van der Waals surface area contributed by atoms with E-state index < -0.39 is 6.10 Å². The lowest BCUT2D eigenvalue weighted by Gasteiger charge is -2.07. The molecule has 1 atom stereocenters. The third-order valence-corrected chi connectivity index (χ3v) is 3.35. The summed E-state index contributed by atoms with van der Waals surface area (Å²) in [5.41, 5.74) is 1.99. The second-order valence-electron chi connectivity index (χ2n) is 4.27. The summed E-state index contributed by atoms with van der Waals surface area (Å²) in [6, 6.07) is 1.36. The summed E-state index contributed by atoms with van der Waals surface area (Å²) in [5.74, 6) is 0.251. The van der Waals surface area contributed by atoms with Gasteiger partial charge in [-0.15, -0.1) is 0 Å². The Morgan fingerprint density at radius 1 is 1.41 bits per heavy atom. The van der Waals surface area contributed by atoms with Crippen molar-refractivity contribution in [3.05, 3.63) is 17.3 Å². The largest absolute Gasteiger partial charge is 0.506 e. The van der Waals surface area contributed by atoms with Crippen LogP contribution in [0.3, 0.4) is 0 Å². The SMILES string of the molecule is COc1cc(O)c2[nH]c3c(c2c1O)CCC3O. The first-order valence-corrected chi connectivity index (χ1v) is 5.45. The Bertz CT molecular complexity index is 602. The fourth-order valence-corrected chi connectivity index (χ4v) is 2.52. The van der Waals surface area contributed by atoms with Gasteiger partial charge in [0.15, 0.2) is 11.5 Å². The van der Waals surface area contributed by atoms with Gasteiger partial charge < -0.3 is 25.0 Å². The molecule has 5 nitrogen and oxygen atoms in total. The van der Waals surface area contributed by atoms with Crippen LogP contribution in [0.1, 0.15) is 23.8 Å². The molecule has 4 N–H and O–H groups in total. The van der Waals surface area contributed by atoms with Gasteiger partial charge in [-0.3, -0.25) is 0 Å². The highest BCUT2D eigenvalue weighted by Gasteiger charge is 2.28. The predicted octanol–water partition coefficient (Wildman–Crippen LogP) is 1.57. The summed E-state index contributed by atoms with van der Waals surface area (Å²) < 4.78 is 5.00. The molecule has 5 heteroatoms. The molecule has 0 saturated carbocycles. The van der Waals surface area contributed by atoms with E-state index in [2.05, 4.69) is 4.98 Å². The number of ether oxygens (including phenoxy) is 1. The highest BCUT2D eigenvalue weighted by molar-refractivity contribution is 5.97. The van der Waals surface area contributed by atoms with Gasteiger partial charge >= 0.3 is 0 Å². The van der Waals surface area contributed by atoms with Crippen molar-refractivity contribution in [3.8, 4) is 17.2 Å². The number of phenolic OH excluding ortho intramolecular Hbond substituents is 2. The van der Waals surface area contributed by atoms with Crippen LogP contribution in [0.25, 0.3) is 10.9 Å². The molecule has 0 aliphatic heterocycles. The number of aliphatic hydroxyl groups excluding tert-OH is 1. The molecule has 0 saturated heterocycles. The Morgan fingerprint density at radius 3 is 2.88 bits per heavy atom. The first kappa shape index (κ1) is 10.3. The first-order valence-electron chi connectivity index (χ1n) is 5.45. The van der Waals surface area contributed by atoms with Crippen LogP contribution in [0, 0.1) is 0 Å². The van der Waals surface area contributed by atoms with E-state index in [0.29, 0.717) is 29.4 Å². The summed E-state index contributed by atoms with van der Waals surface area (Å²) >= 11 is 0. The Labute approximate surface area is 97.3 Å². The van der Waals surface area contributed by atoms with Gasteiger partial charge in [-0.05, 0) is 18.4 Å². The van der Waals surface area contributed by atoms with Crippen molar-refractivity contribution in [2.24, 2.45) is 0 Å². The second kappa shape index (κ2) is 3.30. The zero-order valence-electron chi connectivity index (χ0n) is 9.32. The van der Waals surface area contributed by atoms with Gasteiger partial charge in [-0.2, -0.15) is 0 Å². The molecule has 1 aromatic heterocycles. The fourth-order valence-electron chi connectivity index (χ4n) is 2.52. The van der Waals surface area contributed by atoms with Gasteiger partial charge in [-0.25, -0.2) is 0 Å². The topological polar surface area (TPSA) is 85.7 Å². The number of nitrogens with one attached hydrogen (secondary N) is 1. The van der Waals surface area contributed by atoms with E-state index in [9.17, 15) is 15.3 Å². The number of aryl methyl sites for hydroxylation is 1. The number of hydrogen-bond donors (Lipinski definition) is 4. The van der Waals surface area contributed by atoms with Crippen molar-refractivity contribution in [1.29, 1.82) is 0 Å². The number of aliphatic hydroxyl groups is 1. The minimum atomic E-state index is -0.554. The molecular formula is C12H13NO4. The molecule has 17 heavy (non-hydrogen) atoms. The second-order valence-corrected chi connectivity index (χ2v) is 4.27. The van der Waals surface area contributed by atoms with Crippen molar-refractivity contribution in [2.75, 3.05) is 7.11 Å². The molecule has 1 aliphatic carbocycles. The normalized spacial score (nSPS) is 18.6. The lowest BCUT2D eigenvalue weighted by molar-refractivity contribution is 0.176. The molecule has 0 fully saturated rings. The minimum absolute atomic E-state index is 0.00639. The van der Waals surface area contributed by atoms with Crippen molar-refractivity contribution < 1.29 is 20.1 Å². The van der Waals surface area contributed by atoms with Crippen LogP contribution in [0.2, 0.25) is 0 Å². The standard InChI is InChI=1S/C12H13NO4/c1-17-8-4-7(15)11-9(12(8)16)5-2-3-6(14)10(5)13-11/h4,6,13-16H,2-3H2,1H3. The predicted molar refractivity (Wildman–Crippen MR) is 61.5 cm³/mol. The lowest BCUT2D eigenvalue weighted by atomic mass is 10.1. The van der Waals surface area contributed by atoms with Gasteiger partial charge in [-0.1, -0.05) is 0 Å². The summed E-state index contributed by atoms with van der Waals surface area (Å²) in [6.45, 7) is 0. The number of fused-ring (bicyclic) bond motifs is 3. The summed E-state index contributed by atoms with van der Waals surface area (Å²) in [6.07, 6.45) is 0.757. The van der Waals surface area contributed by atoms with Crippen LogP contribution in [0.15, 0.2) is 6.07 Å². The van der Waals surface area contributed by atoms with Gasteiger partial charge in [0.2, 0.25) is 0 Å². The van der Waals surface area contributed by atoms with Crippen molar-refractivity contribution in [3.63, 3.8) is 0 Å². The third-order valence-electron chi connectivity index (χ3n) is 3.35. The van der Waals surface area contributed by atoms with Crippen LogP contribution >= 0.6 is 0 Å². The van der Waals surface area contributed by atoms with Crippen LogP contribution < -0.4 is 4.74 Å². The highest BCUT2D eigenvalue weighted by Crippen LogP contribution is 2.46. The number of aromatic nitrogens is 1. The van der Waals surface area contributed by atoms with E-state index >= 15 is 0 Å². The van der Waals surface area contributed by atoms with E-state index in [-0.39, 0.29) is 17.2 Å². The molecule has 0 bridgehead atoms. The number of hydrogen-bond acceptors (Lipinski definition) is 4. The maximum absolute atomic E-state index is 10.1. The Hall–Kier alpha value is -1.88. The molecule has 0 radical (unpaired) electrons. The number of benzene rings is 1. The van der Waals surface area contributed by atoms with Crippen molar-refractivity contribution in [1.82, 2.24) is 4.98 Å². The fraction of sp³-hybridized carbons (Fsp3) is 0.333. The van der Waals surface area contributed by atoms with Crippen molar-refractivity contribution in [2.45, 2.75) is 18.9 Å². The first-order chi connectivity index (χ1) is 8.13. The van der Waals surface area contributed by atoms with Gasteiger partial charge in [0.25, 0.3) is 0 Å². The Kier molecular flexibility index (Phi) is 2.00. The molecule has 90 valence electrons. The molecule has 1 aliphatic rings. The summed E-state index contributed by atoms with van der Waals surface area (Å²) in [7, 11) is 1.43. The van der Waals surface area contributed by atoms with Crippen LogP contribution in [-0.4, -0.2) is 27.4 Å².